The maximum atomic E-state index is 13.2. The summed E-state index contributed by atoms with van der Waals surface area (Å²) in [6, 6.07) is 11.8. The van der Waals surface area contributed by atoms with Crippen LogP contribution in [0, 0.1) is 11.8 Å². The lowest BCUT2D eigenvalue weighted by atomic mass is 9.70. The predicted octanol–water partition coefficient (Wildman–Crippen LogP) is 4.48. The number of aromatic nitrogens is 2. The number of hydrogen-bond acceptors (Lipinski definition) is 6. The summed E-state index contributed by atoms with van der Waals surface area (Å²) in [6.07, 6.45) is 10.8. The first-order chi connectivity index (χ1) is 17.5. The first-order valence-electron chi connectivity index (χ1n) is 13.2. The summed E-state index contributed by atoms with van der Waals surface area (Å²) >= 11 is 0. The Bertz CT molecular complexity index is 894. The molecule has 0 aliphatic heterocycles. The molecule has 0 aromatic carbocycles. The Balaban J connectivity index is 1.60. The Morgan fingerprint density at radius 1 is 1.00 bits per heavy atom. The highest BCUT2D eigenvalue weighted by Crippen LogP contribution is 2.46. The Morgan fingerprint density at radius 2 is 1.61 bits per heavy atom. The number of nitrogens with one attached hydrogen (secondary N) is 1. The summed E-state index contributed by atoms with van der Waals surface area (Å²) in [5.41, 5.74) is 2.66. The highest BCUT2D eigenvalue weighted by atomic mass is 16.5. The third-order valence-electron chi connectivity index (χ3n) is 7.26. The van der Waals surface area contributed by atoms with Crippen molar-refractivity contribution in [2.45, 2.75) is 70.3 Å². The monoisotopic (exact) mass is 496 g/mol. The number of unbranched alkanes of at least 4 members (excludes halogenated alkanes) is 3. The van der Waals surface area contributed by atoms with E-state index < -0.39 is 5.60 Å². The summed E-state index contributed by atoms with van der Waals surface area (Å²) in [5, 5.41) is 8.54. The van der Waals surface area contributed by atoms with Crippen LogP contribution in [0.2, 0.25) is 0 Å². The van der Waals surface area contributed by atoms with Crippen molar-refractivity contribution in [3.05, 3.63) is 60.2 Å². The number of rotatable bonds is 13. The first-order valence-corrected chi connectivity index (χ1v) is 13.2. The normalized spacial score (nSPS) is 18.0. The predicted molar refractivity (Wildman–Crippen MR) is 137 cm³/mol. The maximum Gasteiger partial charge on any atom is 0.243 e. The molecule has 8 heteroatoms. The van der Waals surface area contributed by atoms with Gasteiger partial charge >= 0.3 is 0 Å². The summed E-state index contributed by atoms with van der Waals surface area (Å²) in [6.45, 7) is 3.27. The topological polar surface area (TPSA) is 105 Å². The molecule has 0 unspecified atom stereocenters. The molecule has 0 saturated heterocycles. The van der Waals surface area contributed by atoms with Crippen LogP contribution in [0.15, 0.2) is 48.8 Å². The van der Waals surface area contributed by atoms with Crippen molar-refractivity contribution in [2.75, 3.05) is 20.2 Å². The smallest absolute Gasteiger partial charge is 0.243 e. The number of carbonyl (C=O) groups is 2. The first kappa shape index (κ1) is 27.7. The highest BCUT2D eigenvalue weighted by molar-refractivity contribution is 5.78. The fourth-order valence-corrected chi connectivity index (χ4v) is 5.42. The van der Waals surface area contributed by atoms with Crippen molar-refractivity contribution in [2.24, 2.45) is 11.8 Å². The Kier molecular flexibility index (Phi) is 10.8. The lowest BCUT2D eigenvalue weighted by Gasteiger charge is -2.43. The minimum atomic E-state index is -0.732. The molecule has 36 heavy (non-hydrogen) atoms. The maximum absolute atomic E-state index is 13.2. The van der Waals surface area contributed by atoms with Crippen LogP contribution >= 0.6 is 0 Å². The average Bonchev–Trinajstić information content (AvgIpc) is 2.94. The van der Waals surface area contributed by atoms with Crippen molar-refractivity contribution < 1.29 is 19.5 Å². The molecule has 1 fully saturated rings. The van der Waals surface area contributed by atoms with E-state index >= 15 is 0 Å². The molecule has 0 bridgehead atoms. The highest BCUT2D eigenvalue weighted by Gasteiger charge is 2.47. The number of ether oxygens (including phenoxy) is 1. The van der Waals surface area contributed by atoms with Crippen LogP contribution in [0.5, 0.6) is 0 Å². The fourth-order valence-electron chi connectivity index (χ4n) is 5.42. The number of nitrogens with zero attached hydrogens (tertiary/aromatic N) is 3. The minimum absolute atomic E-state index is 0.0197. The quantitative estimate of drug-likeness (QED) is 0.241. The second-order valence-electron chi connectivity index (χ2n) is 9.61. The number of pyridine rings is 2. The van der Waals surface area contributed by atoms with E-state index in [1.165, 1.54) is 0 Å². The van der Waals surface area contributed by atoms with Gasteiger partial charge in [-0.15, -0.1) is 0 Å². The molecule has 1 aliphatic rings. The minimum Gasteiger partial charge on any atom is -0.362 e. The molecule has 1 saturated carbocycles. The van der Waals surface area contributed by atoms with Crippen molar-refractivity contribution in [1.29, 1.82) is 0 Å². The second-order valence-corrected chi connectivity index (χ2v) is 9.61. The summed E-state index contributed by atoms with van der Waals surface area (Å²) in [7, 11) is 1.89. The van der Waals surface area contributed by atoms with Crippen molar-refractivity contribution in [1.82, 2.24) is 20.3 Å². The van der Waals surface area contributed by atoms with E-state index in [1.807, 2.05) is 55.3 Å². The van der Waals surface area contributed by atoms with Crippen LogP contribution in [0.4, 0.5) is 0 Å². The van der Waals surface area contributed by atoms with Gasteiger partial charge in [0.15, 0.2) is 5.60 Å². The lowest BCUT2D eigenvalue weighted by Crippen LogP contribution is -2.44. The van der Waals surface area contributed by atoms with E-state index in [0.29, 0.717) is 13.0 Å². The lowest BCUT2D eigenvalue weighted by molar-refractivity contribution is -0.137. The van der Waals surface area contributed by atoms with Crippen molar-refractivity contribution in [3.63, 3.8) is 0 Å². The molecular formula is C28H40N4O4. The van der Waals surface area contributed by atoms with Gasteiger partial charge in [-0.2, -0.15) is 0 Å². The zero-order valence-corrected chi connectivity index (χ0v) is 21.6. The molecule has 1 aliphatic carbocycles. The molecule has 3 rings (SSSR count). The number of carbonyl (C=O) groups excluding carboxylic acids is 2. The van der Waals surface area contributed by atoms with Gasteiger partial charge in [-0.25, -0.2) is 5.48 Å². The third-order valence-corrected chi connectivity index (χ3v) is 7.26. The van der Waals surface area contributed by atoms with Gasteiger partial charge in [-0.1, -0.05) is 25.0 Å². The molecule has 2 amide bonds. The largest absolute Gasteiger partial charge is 0.362 e. The van der Waals surface area contributed by atoms with E-state index in [4.69, 9.17) is 19.9 Å². The number of hydrogen-bond donors (Lipinski definition) is 2. The summed E-state index contributed by atoms with van der Waals surface area (Å²) in [5.74, 6) is 0.0576. The van der Waals surface area contributed by atoms with Gasteiger partial charge in [0.2, 0.25) is 11.8 Å². The van der Waals surface area contributed by atoms with Crippen LogP contribution in [0.25, 0.3) is 0 Å². The molecular weight excluding hydrogens is 456 g/mol. The van der Waals surface area contributed by atoms with Gasteiger partial charge in [0.1, 0.15) is 0 Å². The van der Waals surface area contributed by atoms with Gasteiger partial charge in [-0.3, -0.25) is 24.8 Å². The van der Waals surface area contributed by atoms with Crippen molar-refractivity contribution >= 4 is 11.8 Å². The zero-order chi connectivity index (χ0) is 25.8. The van der Waals surface area contributed by atoms with Crippen LogP contribution in [0.1, 0.15) is 76.1 Å². The van der Waals surface area contributed by atoms with Crippen LogP contribution in [-0.4, -0.2) is 52.1 Å². The molecule has 0 radical (unpaired) electrons. The summed E-state index contributed by atoms with van der Waals surface area (Å²) < 4.78 is 6.53. The van der Waals surface area contributed by atoms with E-state index in [0.717, 1.165) is 69.3 Å². The van der Waals surface area contributed by atoms with E-state index in [2.05, 4.69) is 0 Å². The van der Waals surface area contributed by atoms with Crippen LogP contribution < -0.4 is 5.48 Å². The van der Waals surface area contributed by atoms with Gasteiger partial charge in [0, 0.05) is 44.9 Å². The van der Waals surface area contributed by atoms with E-state index in [9.17, 15) is 9.59 Å². The Labute approximate surface area is 214 Å². The van der Waals surface area contributed by atoms with Gasteiger partial charge in [0.05, 0.1) is 11.4 Å². The van der Waals surface area contributed by atoms with Crippen LogP contribution in [-0.2, 0) is 19.9 Å². The summed E-state index contributed by atoms with van der Waals surface area (Å²) in [4.78, 5) is 35.5. The van der Waals surface area contributed by atoms with Gasteiger partial charge in [0.25, 0.3) is 0 Å². The van der Waals surface area contributed by atoms with E-state index in [-0.39, 0.29) is 23.7 Å². The van der Waals surface area contributed by atoms with E-state index in [1.54, 1.807) is 17.9 Å². The molecule has 2 N–H and O–H groups in total. The average molecular weight is 497 g/mol. The molecule has 0 spiro atoms. The Morgan fingerprint density at radius 3 is 2.14 bits per heavy atom. The Hall–Kier alpha value is -2.84. The molecule has 2 aromatic heterocycles. The third kappa shape index (κ3) is 6.89. The second kappa shape index (κ2) is 14.0. The van der Waals surface area contributed by atoms with Crippen molar-refractivity contribution in [3.8, 4) is 0 Å². The molecule has 8 nitrogen and oxygen atoms in total. The molecule has 2 heterocycles. The zero-order valence-electron chi connectivity index (χ0n) is 21.6. The van der Waals surface area contributed by atoms with Gasteiger partial charge < -0.3 is 9.64 Å². The molecule has 196 valence electrons. The van der Waals surface area contributed by atoms with Crippen LogP contribution in [0.3, 0.4) is 0 Å². The van der Waals surface area contributed by atoms with Gasteiger partial charge in [-0.05, 0) is 75.6 Å². The standard InChI is InChI=1S/C28H40N4O4/c1-3-36-28(24-12-7-9-19-29-24,25-13-8-10-20-30-25)23-17-15-22(16-18-23)27(34)32(2)21-11-5-4-6-14-26(33)31-35/h7-10,12-13,19-20,22-23,35H,3-6,11,14-18,21H2,1-2H3,(H,31,33). The SMILES string of the molecule is CCOC(c1ccccn1)(c1ccccn1)C1CCC(C(=O)N(C)CCCCCCC(=O)NO)CC1. The number of hydroxylamine groups is 1. The fraction of sp³-hybridized carbons (Fsp3) is 0.571. The number of amides is 2. The molecule has 2 aromatic rings. The molecule has 0 atom stereocenters.